The van der Waals surface area contributed by atoms with Crippen LogP contribution in [0.2, 0.25) is 0 Å². The zero-order valence-corrected chi connectivity index (χ0v) is 12.3. The summed E-state index contributed by atoms with van der Waals surface area (Å²) in [7, 11) is 0. The summed E-state index contributed by atoms with van der Waals surface area (Å²) in [6, 6.07) is 0. The summed E-state index contributed by atoms with van der Waals surface area (Å²) >= 11 is 2.02. The number of nitrogens with zero attached hydrogens (tertiary/aromatic N) is 1. The van der Waals surface area contributed by atoms with Gasteiger partial charge in [-0.3, -0.25) is 4.90 Å². The molecule has 0 aliphatic carbocycles. The van der Waals surface area contributed by atoms with Crippen LogP contribution in [0, 0.1) is 0 Å². The Hall–Kier alpha value is 0.270. The van der Waals surface area contributed by atoms with Crippen LogP contribution < -0.4 is 0 Å². The second-order valence-corrected chi connectivity index (χ2v) is 5.23. The maximum atomic E-state index is 5.98. The van der Waals surface area contributed by atoms with Gasteiger partial charge in [0.05, 0.1) is 12.8 Å². The van der Waals surface area contributed by atoms with Crippen LogP contribution in [0.15, 0.2) is 0 Å². The van der Waals surface area contributed by atoms with Crippen molar-refractivity contribution in [2.45, 2.75) is 53.1 Å². The van der Waals surface area contributed by atoms with Crippen LogP contribution in [0.5, 0.6) is 0 Å². The molecule has 16 heavy (non-hydrogen) atoms. The molecular weight excluding hydrogens is 218 g/mol. The number of rotatable bonds is 11. The van der Waals surface area contributed by atoms with Crippen molar-refractivity contribution in [2.75, 3.05) is 31.3 Å². The molecule has 2 nitrogen and oxygen atoms in total. The lowest BCUT2D eigenvalue weighted by molar-refractivity contribution is -0.0118. The summed E-state index contributed by atoms with van der Waals surface area (Å²) < 4.78 is 5.98. The van der Waals surface area contributed by atoms with E-state index < -0.39 is 0 Å². The van der Waals surface area contributed by atoms with E-state index >= 15 is 0 Å². The second kappa shape index (κ2) is 11.7. The predicted molar refractivity (Wildman–Crippen MR) is 75.2 cm³/mol. The minimum Gasteiger partial charge on any atom is -0.362 e. The van der Waals surface area contributed by atoms with Gasteiger partial charge < -0.3 is 4.74 Å². The molecule has 0 bridgehead atoms. The van der Waals surface area contributed by atoms with Gasteiger partial charge in [-0.2, -0.15) is 11.8 Å². The van der Waals surface area contributed by atoms with E-state index in [-0.39, 0.29) is 0 Å². The molecule has 0 aliphatic rings. The Morgan fingerprint density at radius 3 is 2.25 bits per heavy atom. The topological polar surface area (TPSA) is 12.5 Å². The SMILES string of the molecule is CCCSCC(CCC)OCN(CC)CC. The number of ether oxygens (including phenoxy) is 1. The highest BCUT2D eigenvalue weighted by molar-refractivity contribution is 7.99. The van der Waals surface area contributed by atoms with Crippen LogP contribution in [0.1, 0.15) is 47.0 Å². The summed E-state index contributed by atoms with van der Waals surface area (Å²) in [5, 5.41) is 0. The van der Waals surface area contributed by atoms with E-state index in [1.165, 1.54) is 25.0 Å². The summed E-state index contributed by atoms with van der Waals surface area (Å²) in [6.07, 6.45) is 4.12. The van der Waals surface area contributed by atoms with Crippen LogP contribution in [-0.4, -0.2) is 42.3 Å². The van der Waals surface area contributed by atoms with Gasteiger partial charge in [-0.15, -0.1) is 0 Å². The molecule has 0 aromatic carbocycles. The molecule has 0 heterocycles. The summed E-state index contributed by atoms with van der Waals surface area (Å²) in [4.78, 5) is 2.33. The molecule has 0 radical (unpaired) electrons. The second-order valence-electron chi connectivity index (χ2n) is 4.08. The Bertz CT molecular complexity index is 140. The molecule has 0 saturated carbocycles. The van der Waals surface area contributed by atoms with Crippen molar-refractivity contribution in [2.24, 2.45) is 0 Å². The molecule has 0 fully saturated rings. The quantitative estimate of drug-likeness (QED) is 0.409. The molecule has 1 atom stereocenters. The van der Waals surface area contributed by atoms with E-state index in [1.807, 2.05) is 11.8 Å². The Kier molecular flexibility index (Phi) is 11.9. The first-order chi connectivity index (χ1) is 7.78. The Morgan fingerprint density at radius 2 is 1.75 bits per heavy atom. The maximum absolute atomic E-state index is 5.98. The monoisotopic (exact) mass is 247 g/mol. The van der Waals surface area contributed by atoms with Gasteiger partial charge in [-0.25, -0.2) is 0 Å². The van der Waals surface area contributed by atoms with Gasteiger partial charge in [0, 0.05) is 5.75 Å². The van der Waals surface area contributed by atoms with Crippen molar-refractivity contribution in [1.29, 1.82) is 0 Å². The van der Waals surface area contributed by atoms with Crippen LogP contribution in [0.25, 0.3) is 0 Å². The minimum absolute atomic E-state index is 0.446. The smallest absolute Gasteiger partial charge is 0.0994 e. The molecule has 3 heteroatoms. The molecule has 0 aliphatic heterocycles. The van der Waals surface area contributed by atoms with Crippen molar-refractivity contribution < 1.29 is 4.74 Å². The van der Waals surface area contributed by atoms with Crippen molar-refractivity contribution in [1.82, 2.24) is 4.90 Å². The highest BCUT2D eigenvalue weighted by Crippen LogP contribution is 2.12. The molecule has 0 saturated heterocycles. The van der Waals surface area contributed by atoms with E-state index in [2.05, 4.69) is 32.6 Å². The van der Waals surface area contributed by atoms with Crippen molar-refractivity contribution in [3.8, 4) is 0 Å². The van der Waals surface area contributed by atoms with E-state index in [4.69, 9.17) is 4.74 Å². The molecule has 98 valence electrons. The van der Waals surface area contributed by atoms with Gasteiger partial charge in [0.25, 0.3) is 0 Å². The fraction of sp³-hybridized carbons (Fsp3) is 1.00. The van der Waals surface area contributed by atoms with E-state index in [0.29, 0.717) is 6.10 Å². The third-order valence-corrected chi connectivity index (χ3v) is 3.95. The van der Waals surface area contributed by atoms with Crippen LogP contribution in [-0.2, 0) is 4.74 Å². The third kappa shape index (κ3) is 8.43. The van der Waals surface area contributed by atoms with E-state index in [1.54, 1.807) is 0 Å². The lowest BCUT2D eigenvalue weighted by Gasteiger charge is -2.23. The van der Waals surface area contributed by atoms with Gasteiger partial charge in [0.2, 0.25) is 0 Å². The van der Waals surface area contributed by atoms with Crippen LogP contribution in [0.4, 0.5) is 0 Å². The van der Waals surface area contributed by atoms with Gasteiger partial charge in [-0.1, -0.05) is 34.1 Å². The van der Waals surface area contributed by atoms with Crippen LogP contribution >= 0.6 is 11.8 Å². The molecule has 0 N–H and O–H groups in total. The van der Waals surface area contributed by atoms with Crippen molar-refractivity contribution in [3.05, 3.63) is 0 Å². The standard InChI is InChI=1S/C13H29NOS/c1-5-9-13(11-16-10-6-2)15-12-14(7-3)8-4/h13H,5-12H2,1-4H3. The van der Waals surface area contributed by atoms with E-state index in [0.717, 1.165) is 25.6 Å². The molecule has 0 amide bonds. The van der Waals surface area contributed by atoms with Crippen LogP contribution in [0.3, 0.4) is 0 Å². The molecule has 1 unspecified atom stereocenters. The summed E-state index contributed by atoms with van der Waals surface area (Å²) in [5.74, 6) is 2.41. The first kappa shape index (κ1) is 16.3. The summed E-state index contributed by atoms with van der Waals surface area (Å²) in [6.45, 7) is 11.8. The van der Waals surface area contributed by atoms with Gasteiger partial charge in [0.15, 0.2) is 0 Å². The number of hydrogen-bond acceptors (Lipinski definition) is 3. The lowest BCUT2D eigenvalue weighted by Crippen LogP contribution is -2.30. The number of hydrogen-bond donors (Lipinski definition) is 0. The predicted octanol–water partition coefficient (Wildman–Crippen LogP) is 3.61. The normalized spacial score (nSPS) is 13.3. The van der Waals surface area contributed by atoms with Gasteiger partial charge >= 0.3 is 0 Å². The average molecular weight is 247 g/mol. The van der Waals surface area contributed by atoms with Crippen molar-refractivity contribution in [3.63, 3.8) is 0 Å². The minimum atomic E-state index is 0.446. The summed E-state index contributed by atoms with van der Waals surface area (Å²) in [5.41, 5.74) is 0. The highest BCUT2D eigenvalue weighted by Gasteiger charge is 2.09. The zero-order chi connectivity index (χ0) is 12.2. The fourth-order valence-corrected chi connectivity index (χ4v) is 2.49. The highest BCUT2D eigenvalue weighted by atomic mass is 32.2. The maximum Gasteiger partial charge on any atom is 0.0994 e. The molecule has 0 rings (SSSR count). The Morgan fingerprint density at radius 1 is 1.06 bits per heavy atom. The molecule has 0 aromatic heterocycles. The Balaban J connectivity index is 3.73. The van der Waals surface area contributed by atoms with Crippen molar-refractivity contribution >= 4 is 11.8 Å². The first-order valence-electron chi connectivity index (χ1n) is 6.70. The molecule has 0 aromatic rings. The number of thioether (sulfide) groups is 1. The van der Waals surface area contributed by atoms with Gasteiger partial charge in [0.1, 0.15) is 0 Å². The largest absolute Gasteiger partial charge is 0.362 e. The first-order valence-corrected chi connectivity index (χ1v) is 7.85. The lowest BCUT2D eigenvalue weighted by atomic mass is 10.2. The fourth-order valence-electron chi connectivity index (χ4n) is 1.51. The molecule has 0 spiro atoms. The van der Waals surface area contributed by atoms with Gasteiger partial charge in [-0.05, 0) is 31.7 Å². The molecular formula is C13H29NOS. The zero-order valence-electron chi connectivity index (χ0n) is 11.5. The third-order valence-electron chi connectivity index (χ3n) is 2.65. The van der Waals surface area contributed by atoms with E-state index in [9.17, 15) is 0 Å². The average Bonchev–Trinajstić information content (AvgIpc) is 2.30. The Labute approximate surface area is 106 Å².